The molecule has 2 N–H and O–H groups in total. The molecule has 1 aliphatic rings. The van der Waals surface area contributed by atoms with Gasteiger partial charge in [-0.15, -0.1) is 11.6 Å². The number of hydrogen-bond acceptors (Lipinski definition) is 1. The first-order valence-corrected chi connectivity index (χ1v) is 3.70. The number of alkyl halides is 1. The summed E-state index contributed by atoms with van der Waals surface area (Å²) in [5.74, 6) is 0.386. The molecular weight excluding hydrogens is 152 g/mol. The molecule has 4 heteroatoms. The Morgan fingerprint density at radius 2 is 2.30 bits per heavy atom. The molecule has 56 valence electrons. The zero-order valence-corrected chi connectivity index (χ0v) is 6.27. The monoisotopic (exact) mass is 160 g/mol. The van der Waals surface area contributed by atoms with E-state index in [4.69, 9.17) is 17.3 Å². The Hall–Kier alpha value is -0.570. The van der Waals surface area contributed by atoms with E-state index in [1.54, 1.807) is 0 Å². The second-order valence-corrected chi connectivity index (χ2v) is 2.62. The number of carbonyl (C=O) groups is 1. The highest BCUT2D eigenvalue weighted by atomic mass is 35.5. The van der Waals surface area contributed by atoms with Crippen LogP contribution >= 0.6 is 11.6 Å². The van der Waals surface area contributed by atoms with Gasteiger partial charge in [0.05, 0.1) is 5.88 Å². The van der Waals surface area contributed by atoms with Crippen molar-refractivity contribution in [3.63, 3.8) is 0 Å². The second kappa shape index (κ2) is 3.01. The number of nitrogens with two attached hydrogens (primary N) is 1. The molecule has 1 rings (SSSR count). The Morgan fingerprint density at radius 3 is 2.70 bits per heavy atom. The molecule has 10 heavy (non-hydrogen) atoms. The van der Waals surface area contributed by atoms with Crippen molar-refractivity contribution in [3.8, 4) is 0 Å². The minimum atomic E-state index is -0.113. The predicted molar refractivity (Wildman–Crippen MR) is 40.1 cm³/mol. The van der Waals surface area contributed by atoms with Gasteiger partial charge in [0.25, 0.3) is 0 Å². The van der Waals surface area contributed by atoms with Gasteiger partial charge in [-0.1, -0.05) is 0 Å². The first-order valence-electron chi connectivity index (χ1n) is 3.17. The van der Waals surface area contributed by atoms with Gasteiger partial charge in [0.15, 0.2) is 0 Å². The summed E-state index contributed by atoms with van der Waals surface area (Å²) in [4.78, 5) is 14.4. The average Bonchev–Trinajstić information content (AvgIpc) is 2.68. The maximum atomic E-state index is 10.8. The van der Waals surface area contributed by atoms with Gasteiger partial charge in [-0.2, -0.15) is 4.99 Å². The molecule has 0 aromatic rings. The summed E-state index contributed by atoms with van der Waals surface area (Å²) in [5, 5.41) is 0. The van der Waals surface area contributed by atoms with Crippen molar-refractivity contribution < 1.29 is 4.79 Å². The van der Waals surface area contributed by atoms with Gasteiger partial charge >= 0.3 is 0 Å². The van der Waals surface area contributed by atoms with E-state index in [0.717, 1.165) is 12.8 Å². The SMILES string of the molecule is NC(CCl)=NC(=O)C1CC1. The maximum absolute atomic E-state index is 10.8. The highest BCUT2D eigenvalue weighted by molar-refractivity contribution is 6.28. The van der Waals surface area contributed by atoms with Gasteiger partial charge in [-0.25, -0.2) is 0 Å². The van der Waals surface area contributed by atoms with E-state index in [1.807, 2.05) is 0 Å². The Bertz CT molecular complexity index is 175. The van der Waals surface area contributed by atoms with Crippen molar-refractivity contribution >= 4 is 23.3 Å². The molecule has 0 radical (unpaired) electrons. The van der Waals surface area contributed by atoms with Crippen molar-refractivity contribution in [2.75, 3.05) is 5.88 Å². The van der Waals surface area contributed by atoms with E-state index in [-0.39, 0.29) is 23.5 Å². The third-order valence-electron chi connectivity index (χ3n) is 1.32. The van der Waals surface area contributed by atoms with Crippen LogP contribution in [0.2, 0.25) is 0 Å². The number of aliphatic imine (C=N–C) groups is 1. The first kappa shape index (κ1) is 7.54. The van der Waals surface area contributed by atoms with Crippen LogP contribution in [-0.4, -0.2) is 17.6 Å². The summed E-state index contributed by atoms with van der Waals surface area (Å²) in [7, 11) is 0. The highest BCUT2D eigenvalue weighted by Crippen LogP contribution is 2.29. The van der Waals surface area contributed by atoms with Crippen molar-refractivity contribution in [1.29, 1.82) is 0 Å². The largest absolute Gasteiger partial charge is 0.386 e. The van der Waals surface area contributed by atoms with Crippen molar-refractivity contribution in [1.82, 2.24) is 0 Å². The van der Waals surface area contributed by atoms with Crippen LogP contribution in [0.5, 0.6) is 0 Å². The second-order valence-electron chi connectivity index (χ2n) is 2.35. The lowest BCUT2D eigenvalue weighted by atomic mass is 10.4. The Balaban J connectivity index is 2.41. The van der Waals surface area contributed by atoms with Crippen molar-refractivity contribution in [2.45, 2.75) is 12.8 Å². The molecule has 0 bridgehead atoms. The van der Waals surface area contributed by atoms with E-state index < -0.39 is 0 Å². The van der Waals surface area contributed by atoms with Crippen LogP contribution in [0.3, 0.4) is 0 Å². The summed E-state index contributed by atoms with van der Waals surface area (Å²) in [5.41, 5.74) is 5.24. The summed E-state index contributed by atoms with van der Waals surface area (Å²) >= 11 is 5.31. The third kappa shape index (κ3) is 1.99. The van der Waals surface area contributed by atoms with Gasteiger partial charge in [0.2, 0.25) is 5.91 Å². The lowest BCUT2D eigenvalue weighted by molar-refractivity contribution is -0.118. The molecule has 1 amide bonds. The predicted octanol–water partition coefficient (Wildman–Crippen LogP) is 0.519. The first-order chi connectivity index (χ1) is 4.74. The smallest absolute Gasteiger partial charge is 0.250 e. The zero-order valence-electron chi connectivity index (χ0n) is 5.51. The number of carbonyl (C=O) groups excluding carboxylic acids is 1. The van der Waals surface area contributed by atoms with Crippen LogP contribution in [0.15, 0.2) is 4.99 Å². The summed E-state index contributed by atoms with van der Waals surface area (Å²) in [6.45, 7) is 0. The number of amidine groups is 1. The topological polar surface area (TPSA) is 55.4 Å². The van der Waals surface area contributed by atoms with Crippen LogP contribution in [0.1, 0.15) is 12.8 Å². The summed E-state index contributed by atoms with van der Waals surface area (Å²) in [6.07, 6.45) is 1.91. The molecule has 1 fully saturated rings. The Kier molecular flexibility index (Phi) is 2.27. The number of halogens is 1. The molecule has 3 nitrogen and oxygen atoms in total. The summed E-state index contributed by atoms with van der Waals surface area (Å²) in [6, 6.07) is 0. The fraction of sp³-hybridized carbons (Fsp3) is 0.667. The number of amides is 1. The quantitative estimate of drug-likeness (QED) is 0.364. The van der Waals surface area contributed by atoms with Crippen LogP contribution in [0.25, 0.3) is 0 Å². The molecular formula is C6H9ClN2O. The molecule has 0 aromatic carbocycles. The molecule has 0 atom stereocenters. The average molecular weight is 161 g/mol. The van der Waals surface area contributed by atoms with Gasteiger partial charge < -0.3 is 5.73 Å². The lowest BCUT2D eigenvalue weighted by Gasteiger charge is -1.90. The van der Waals surface area contributed by atoms with E-state index in [0.29, 0.717) is 0 Å². The highest BCUT2D eigenvalue weighted by Gasteiger charge is 2.29. The lowest BCUT2D eigenvalue weighted by Crippen LogP contribution is -2.16. The van der Waals surface area contributed by atoms with E-state index in [1.165, 1.54) is 0 Å². The Labute approximate surface area is 64.3 Å². The number of rotatable bonds is 2. The minimum absolute atomic E-state index is 0.113. The minimum Gasteiger partial charge on any atom is -0.386 e. The fourth-order valence-electron chi connectivity index (χ4n) is 0.593. The van der Waals surface area contributed by atoms with E-state index >= 15 is 0 Å². The van der Waals surface area contributed by atoms with Gasteiger partial charge in [-0.3, -0.25) is 4.79 Å². The van der Waals surface area contributed by atoms with Crippen LogP contribution < -0.4 is 5.73 Å². The van der Waals surface area contributed by atoms with Crippen LogP contribution in [0, 0.1) is 5.92 Å². The van der Waals surface area contributed by atoms with E-state index in [9.17, 15) is 4.79 Å². The van der Waals surface area contributed by atoms with Gasteiger partial charge in [-0.05, 0) is 12.8 Å². The fourth-order valence-corrected chi connectivity index (χ4v) is 0.653. The molecule has 0 aliphatic heterocycles. The molecule has 1 aliphatic carbocycles. The molecule has 1 saturated carbocycles. The standard InChI is InChI=1S/C6H9ClN2O/c7-3-5(8)9-6(10)4-1-2-4/h4H,1-3H2,(H2,8,9,10). The molecule has 0 heterocycles. The zero-order chi connectivity index (χ0) is 7.56. The van der Waals surface area contributed by atoms with Crippen molar-refractivity contribution in [2.24, 2.45) is 16.6 Å². The van der Waals surface area contributed by atoms with Gasteiger partial charge in [0, 0.05) is 5.92 Å². The maximum Gasteiger partial charge on any atom is 0.250 e. The summed E-state index contributed by atoms with van der Waals surface area (Å²) < 4.78 is 0. The molecule has 0 unspecified atom stereocenters. The third-order valence-corrected chi connectivity index (χ3v) is 1.59. The number of hydrogen-bond donors (Lipinski definition) is 1. The molecule has 0 spiro atoms. The normalized spacial score (nSPS) is 19.1. The number of nitrogens with zero attached hydrogens (tertiary/aromatic N) is 1. The van der Waals surface area contributed by atoms with Crippen molar-refractivity contribution in [3.05, 3.63) is 0 Å². The Morgan fingerprint density at radius 1 is 1.70 bits per heavy atom. The van der Waals surface area contributed by atoms with Crippen LogP contribution in [0.4, 0.5) is 0 Å². The van der Waals surface area contributed by atoms with Gasteiger partial charge in [0.1, 0.15) is 5.84 Å². The molecule has 0 aromatic heterocycles. The molecule has 0 saturated heterocycles. The van der Waals surface area contributed by atoms with Crippen LogP contribution in [-0.2, 0) is 4.79 Å². The van der Waals surface area contributed by atoms with E-state index in [2.05, 4.69) is 4.99 Å².